The Morgan fingerprint density at radius 2 is 1.94 bits per heavy atom. The van der Waals surface area contributed by atoms with Crippen molar-refractivity contribution >= 4 is 11.8 Å². The number of Topliss-reactive ketones (excluding diaryl/α,β-unsaturated/α-hetero) is 1. The molecular formula is C13H25NO4. The van der Waals surface area contributed by atoms with Crippen molar-refractivity contribution in [2.45, 2.75) is 44.6 Å². The number of rotatable bonds is 9. The number of quaternary nitrogens is 1. The van der Waals surface area contributed by atoms with E-state index in [0.717, 1.165) is 6.42 Å². The van der Waals surface area contributed by atoms with Gasteiger partial charge in [0.15, 0.2) is 11.4 Å². The Bertz CT molecular complexity index is 314. The molecule has 0 rings (SSSR count). The summed E-state index contributed by atoms with van der Waals surface area (Å²) in [5.74, 6) is -1.87. The summed E-state index contributed by atoms with van der Waals surface area (Å²) in [4.78, 5) is 22.8. The van der Waals surface area contributed by atoms with Crippen LogP contribution in [-0.2, 0) is 9.59 Å². The van der Waals surface area contributed by atoms with Crippen LogP contribution in [0.4, 0.5) is 0 Å². The van der Waals surface area contributed by atoms with E-state index in [1.807, 2.05) is 0 Å². The fraction of sp³-hybridized carbons (Fsp3) is 0.846. The minimum absolute atomic E-state index is 0.0399. The Balaban J connectivity index is 4.64. The van der Waals surface area contributed by atoms with Crippen LogP contribution < -0.4 is 5.11 Å². The van der Waals surface area contributed by atoms with Crippen molar-refractivity contribution in [1.82, 2.24) is 0 Å². The summed E-state index contributed by atoms with van der Waals surface area (Å²) in [5.41, 5.74) is -1.86. The highest BCUT2D eigenvalue weighted by Gasteiger charge is 2.40. The molecular weight excluding hydrogens is 234 g/mol. The number of likely N-dealkylation sites (N-methyl/N-ethyl adjacent to an activating group) is 1. The van der Waals surface area contributed by atoms with Crippen LogP contribution in [-0.4, -0.2) is 54.6 Å². The number of carbonyl (C=O) groups is 2. The van der Waals surface area contributed by atoms with E-state index in [-0.39, 0.29) is 13.0 Å². The first-order valence-corrected chi connectivity index (χ1v) is 6.16. The molecule has 0 spiro atoms. The number of hydrogen-bond donors (Lipinski definition) is 1. The number of aliphatic hydroxyl groups is 1. The lowest BCUT2D eigenvalue weighted by Crippen LogP contribution is -2.56. The second-order valence-corrected chi connectivity index (χ2v) is 5.76. The summed E-state index contributed by atoms with van der Waals surface area (Å²) in [6.45, 7) is 0.356. The van der Waals surface area contributed by atoms with Gasteiger partial charge in [-0.25, -0.2) is 0 Å². The maximum atomic E-state index is 12.0. The molecule has 0 aromatic carbocycles. The highest BCUT2D eigenvalue weighted by Crippen LogP contribution is 2.19. The fourth-order valence-electron chi connectivity index (χ4n) is 1.96. The molecule has 0 radical (unpaired) electrons. The van der Waals surface area contributed by atoms with Crippen LogP contribution in [0.1, 0.15) is 40.4 Å². The Hall–Kier alpha value is -0.940. The number of nitrogens with zero attached hydrogens (tertiary/aromatic N) is 1. The van der Waals surface area contributed by atoms with E-state index in [1.54, 1.807) is 21.1 Å². The highest BCUT2D eigenvalue weighted by molar-refractivity contribution is 5.90. The standard InChI is InChI=1S/C13H25NO4/c1-5-6-7-8-11(15)13(18,9-12(16)17)10-14(2,3)4/h18H,5-10H2,1-4H3/t13-/m1/s1/i1D. The molecule has 0 aromatic rings. The number of carboxylic acid groups (broad SMARTS) is 1. The Morgan fingerprint density at radius 1 is 1.33 bits per heavy atom. The van der Waals surface area contributed by atoms with Crippen molar-refractivity contribution in [3.63, 3.8) is 0 Å². The van der Waals surface area contributed by atoms with Gasteiger partial charge in [0.1, 0.15) is 6.54 Å². The molecule has 1 atom stereocenters. The topological polar surface area (TPSA) is 77.4 Å². The normalized spacial score (nSPS) is 15.9. The lowest BCUT2D eigenvalue weighted by Gasteiger charge is -2.34. The lowest BCUT2D eigenvalue weighted by atomic mass is 9.90. The first kappa shape index (κ1) is 15.1. The average Bonchev–Trinajstić information content (AvgIpc) is 2.20. The number of aliphatic carboxylic acids is 1. The zero-order chi connectivity index (χ0) is 15.1. The van der Waals surface area contributed by atoms with Gasteiger partial charge < -0.3 is 19.5 Å². The van der Waals surface area contributed by atoms with E-state index in [2.05, 4.69) is 0 Å². The molecule has 0 aliphatic heterocycles. The van der Waals surface area contributed by atoms with Gasteiger partial charge >= 0.3 is 0 Å². The van der Waals surface area contributed by atoms with E-state index in [1.165, 1.54) is 0 Å². The van der Waals surface area contributed by atoms with Crippen molar-refractivity contribution in [3.8, 4) is 0 Å². The number of carbonyl (C=O) groups excluding carboxylic acids is 2. The van der Waals surface area contributed by atoms with Gasteiger partial charge in [0.05, 0.1) is 21.1 Å². The van der Waals surface area contributed by atoms with Crippen LogP contribution in [0.25, 0.3) is 0 Å². The van der Waals surface area contributed by atoms with Crippen LogP contribution in [0.3, 0.4) is 0 Å². The van der Waals surface area contributed by atoms with Gasteiger partial charge in [-0.3, -0.25) is 4.79 Å². The Kier molecular flexibility index (Phi) is 5.75. The number of unbranched alkanes of at least 4 members (excludes halogenated alkanes) is 2. The fourth-order valence-corrected chi connectivity index (χ4v) is 1.96. The zero-order valence-corrected chi connectivity index (χ0v) is 11.6. The van der Waals surface area contributed by atoms with Crippen LogP contribution in [0.15, 0.2) is 0 Å². The Labute approximate surface area is 110 Å². The van der Waals surface area contributed by atoms with Crippen LogP contribution >= 0.6 is 0 Å². The maximum absolute atomic E-state index is 12.0. The lowest BCUT2D eigenvalue weighted by molar-refractivity contribution is -0.875. The number of carboxylic acids is 1. The maximum Gasteiger partial charge on any atom is 0.177 e. The quantitative estimate of drug-likeness (QED) is 0.456. The third-order valence-electron chi connectivity index (χ3n) is 2.60. The molecule has 0 unspecified atom stereocenters. The van der Waals surface area contributed by atoms with Crippen LogP contribution in [0.2, 0.25) is 0 Å². The summed E-state index contributed by atoms with van der Waals surface area (Å²) < 4.78 is 7.29. The molecule has 0 heterocycles. The largest absolute Gasteiger partial charge is 0.550 e. The van der Waals surface area contributed by atoms with Gasteiger partial charge in [-0.15, -0.1) is 0 Å². The van der Waals surface area contributed by atoms with Gasteiger partial charge in [-0.2, -0.15) is 0 Å². The summed E-state index contributed by atoms with van der Waals surface area (Å²) in [7, 11) is 5.36. The summed E-state index contributed by atoms with van der Waals surface area (Å²) >= 11 is 0. The van der Waals surface area contributed by atoms with Crippen LogP contribution in [0, 0.1) is 0 Å². The zero-order valence-electron chi connectivity index (χ0n) is 12.6. The van der Waals surface area contributed by atoms with Crippen molar-refractivity contribution in [2.75, 3.05) is 27.7 Å². The summed E-state index contributed by atoms with van der Waals surface area (Å²) in [5, 5.41) is 21.0. The summed E-state index contributed by atoms with van der Waals surface area (Å²) in [6, 6.07) is 0. The number of hydrogen-bond acceptors (Lipinski definition) is 4. The van der Waals surface area contributed by atoms with Gasteiger partial charge in [0.2, 0.25) is 0 Å². The second kappa shape index (κ2) is 6.85. The summed E-state index contributed by atoms with van der Waals surface area (Å²) in [6.07, 6.45) is 1.50. The van der Waals surface area contributed by atoms with Gasteiger partial charge in [0.25, 0.3) is 0 Å². The molecule has 5 heteroatoms. The van der Waals surface area contributed by atoms with E-state index < -0.39 is 23.8 Å². The molecule has 0 saturated heterocycles. The monoisotopic (exact) mass is 260 g/mol. The predicted octanol–water partition coefficient (Wildman–Crippen LogP) is -0.287. The predicted molar refractivity (Wildman–Crippen MR) is 66.6 cm³/mol. The van der Waals surface area contributed by atoms with Gasteiger partial charge in [0, 0.05) is 20.2 Å². The smallest absolute Gasteiger partial charge is 0.177 e. The molecule has 0 aromatic heterocycles. The molecule has 0 amide bonds. The first-order chi connectivity index (χ1) is 8.60. The highest BCUT2D eigenvalue weighted by atomic mass is 16.4. The van der Waals surface area contributed by atoms with Crippen molar-refractivity contribution in [1.29, 1.82) is 0 Å². The minimum Gasteiger partial charge on any atom is -0.550 e. The molecule has 0 saturated carbocycles. The number of ketones is 1. The van der Waals surface area contributed by atoms with E-state index >= 15 is 0 Å². The first-order valence-electron chi connectivity index (χ1n) is 6.87. The molecule has 5 nitrogen and oxygen atoms in total. The average molecular weight is 260 g/mol. The molecule has 0 fully saturated rings. The molecule has 0 aliphatic rings. The third-order valence-corrected chi connectivity index (χ3v) is 2.60. The molecule has 1 N–H and O–H groups in total. The van der Waals surface area contributed by atoms with Crippen molar-refractivity contribution in [3.05, 3.63) is 0 Å². The van der Waals surface area contributed by atoms with E-state index in [4.69, 9.17) is 1.37 Å². The molecule has 0 bridgehead atoms. The van der Waals surface area contributed by atoms with Crippen LogP contribution in [0.5, 0.6) is 0 Å². The SMILES string of the molecule is [2H]CCCCCC(=O)[C@@](O)(CC(=O)[O-])C[N+](C)(C)C. The third kappa shape index (κ3) is 6.71. The Morgan fingerprint density at radius 3 is 2.39 bits per heavy atom. The van der Waals surface area contributed by atoms with Gasteiger partial charge in [-0.05, 0) is 6.42 Å². The van der Waals surface area contributed by atoms with Crippen molar-refractivity contribution in [2.24, 2.45) is 0 Å². The van der Waals surface area contributed by atoms with E-state index in [9.17, 15) is 19.8 Å². The van der Waals surface area contributed by atoms with E-state index in [0.29, 0.717) is 24.2 Å². The second-order valence-electron chi connectivity index (χ2n) is 5.76. The minimum atomic E-state index is -1.86. The molecule has 18 heavy (non-hydrogen) atoms. The molecule has 0 aliphatic carbocycles. The van der Waals surface area contributed by atoms with Crippen molar-refractivity contribution < 1.29 is 25.7 Å². The molecule has 106 valence electrons. The van der Waals surface area contributed by atoms with Gasteiger partial charge in [-0.1, -0.05) is 19.7 Å².